The topological polar surface area (TPSA) is 76.7 Å². The van der Waals surface area contributed by atoms with Crippen molar-refractivity contribution in [2.24, 2.45) is 0 Å². The monoisotopic (exact) mass is 406 g/mol. The van der Waals surface area contributed by atoms with E-state index in [1.54, 1.807) is 18.2 Å². The number of amides is 2. The second-order valence-corrected chi connectivity index (χ2v) is 6.26. The highest BCUT2D eigenvalue weighted by atomic mass is 79.9. The third-order valence-corrected chi connectivity index (χ3v) is 4.04. The number of aryl methyl sites for hydroxylation is 2. The maximum atomic E-state index is 12.0. The quantitative estimate of drug-likeness (QED) is 0.748. The molecule has 0 aromatic heterocycles. The summed E-state index contributed by atoms with van der Waals surface area (Å²) in [6.07, 6.45) is 0. The smallest absolute Gasteiger partial charge is 0.276 e. The van der Waals surface area contributed by atoms with Crippen LogP contribution in [0.5, 0.6) is 11.5 Å². The van der Waals surface area contributed by atoms with Gasteiger partial charge in [-0.05, 0) is 59.6 Å². The van der Waals surface area contributed by atoms with Crippen LogP contribution in [0, 0.1) is 13.8 Å². The average Bonchev–Trinajstić information content (AvgIpc) is 2.58. The van der Waals surface area contributed by atoms with Gasteiger partial charge in [-0.1, -0.05) is 17.7 Å². The van der Waals surface area contributed by atoms with Crippen LogP contribution in [0.3, 0.4) is 0 Å². The van der Waals surface area contributed by atoms with Gasteiger partial charge in [-0.2, -0.15) is 0 Å². The fourth-order valence-corrected chi connectivity index (χ4v) is 2.69. The van der Waals surface area contributed by atoms with Gasteiger partial charge in [-0.25, -0.2) is 0 Å². The van der Waals surface area contributed by atoms with Crippen molar-refractivity contribution in [3.63, 3.8) is 0 Å². The van der Waals surface area contributed by atoms with Gasteiger partial charge in [0.2, 0.25) is 0 Å². The first-order valence-electron chi connectivity index (χ1n) is 7.53. The molecule has 2 aromatic rings. The first kappa shape index (κ1) is 18.8. The standard InChI is InChI=1S/C18H19BrN2O4/c1-11-4-6-15(12(2)8-11)25-10-17(22)20-21-18(23)13-5-7-16(24-3)14(19)9-13/h4-9H,10H2,1-3H3,(H,20,22)(H,21,23). The van der Waals surface area contributed by atoms with Gasteiger partial charge in [0.25, 0.3) is 11.8 Å². The number of hydrogen-bond donors (Lipinski definition) is 2. The zero-order valence-electron chi connectivity index (χ0n) is 14.2. The normalized spacial score (nSPS) is 10.1. The van der Waals surface area contributed by atoms with E-state index >= 15 is 0 Å². The molecule has 0 spiro atoms. The minimum absolute atomic E-state index is 0.198. The van der Waals surface area contributed by atoms with Crippen LogP contribution >= 0.6 is 15.9 Å². The van der Waals surface area contributed by atoms with Crippen LogP contribution in [-0.4, -0.2) is 25.5 Å². The van der Waals surface area contributed by atoms with Crippen LogP contribution in [0.25, 0.3) is 0 Å². The Morgan fingerprint density at radius 2 is 1.76 bits per heavy atom. The highest BCUT2D eigenvalue weighted by Crippen LogP contribution is 2.25. The lowest BCUT2D eigenvalue weighted by Gasteiger charge is -2.11. The number of rotatable bonds is 5. The summed E-state index contributed by atoms with van der Waals surface area (Å²) in [5.41, 5.74) is 7.10. The molecule has 0 bridgehead atoms. The van der Waals surface area contributed by atoms with E-state index in [1.807, 2.05) is 32.0 Å². The fraction of sp³-hybridized carbons (Fsp3) is 0.222. The van der Waals surface area contributed by atoms with E-state index in [9.17, 15) is 9.59 Å². The van der Waals surface area contributed by atoms with Gasteiger partial charge in [0.05, 0.1) is 11.6 Å². The maximum Gasteiger partial charge on any atom is 0.276 e. The molecule has 2 amide bonds. The Morgan fingerprint density at radius 1 is 1.04 bits per heavy atom. The van der Waals surface area contributed by atoms with Gasteiger partial charge < -0.3 is 9.47 Å². The van der Waals surface area contributed by atoms with Crippen LogP contribution in [0.15, 0.2) is 40.9 Å². The van der Waals surface area contributed by atoms with E-state index in [-0.39, 0.29) is 6.61 Å². The van der Waals surface area contributed by atoms with Gasteiger partial charge in [-0.3, -0.25) is 20.4 Å². The molecule has 0 unspecified atom stereocenters. The van der Waals surface area contributed by atoms with Gasteiger partial charge in [0.15, 0.2) is 6.61 Å². The molecule has 6 nitrogen and oxygen atoms in total. The summed E-state index contributed by atoms with van der Waals surface area (Å²) in [5, 5.41) is 0. The molecule has 0 atom stereocenters. The molecule has 2 rings (SSSR count). The zero-order chi connectivity index (χ0) is 18.4. The highest BCUT2D eigenvalue weighted by molar-refractivity contribution is 9.10. The van der Waals surface area contributed by atoms with Crippen molar-refractivity contribution >= 4 is 27.7 Å². The van der Waals surface area contributed by atoms with Crippen LogP contribution in [0.1, 0.15) is 21.5 Å². The zero-order valence-corrected chi connectivity index (χ0v) is 15.8. The summed E-state index contributed by atoms with van der Waals surface area (Å²) in [6.45, 7) is 3.69. The second-order valence-electron chi connectivity index (χ2n) is 5.41. The Bertz CT molecular complexity index is 793. The Hall–Kier alpha value is -2.54. The molecule has 0 aliphatic heterocycles. The summed E-state index contributed by atoms with van der Waals surface area (Å²) in [7, 11) is 1.54. The molecule has 0 saturated carbocycles. The number of hydrogen-bond acceptors (Lipinski definition) is 4. The third kappa shape index (κ3) is 5.22. The predicted octanol–water partition coefficient (Wildman–Crippen LogP) is 2.91. The van der Waals surface area contributed by atoms with Gasteiger partial charge in [0, 0.05) is 5.56 Å². The Morgan fingerprint density at radius 3 is 2.40 bits per heavy atom. The van der Waals surface area contributed by atoms with Crippen LogP contribution < -0.4 is 20.3 Å². The van der Waals surface area contributed by atoms with Crippen molar-refractivity contribution in [2.45, 2.75) is 13.8 Å². The summed E-state index contributed by atoms with van der Waals surface area (Å²) >= 11 is 3.31. The summed E-state index contributed by atoms with van der Waals surface area (Å²) < 4.78 is 11.2. The van der Waals surface area contributed by atoms with Crippen molar-refractivity contribution < 1.29 is 19.1 Å². The summed E-state index contributed by atoms with van der Waals surface area (Å²) in [5.74, 6) is 0.345. The SMILES string of the molecule is COc1ccc(C(=O)NNC(=O)COc2ccc(C)cc2C)cc1Br. The minimum atomic E-state index is -0.457. The van der Waals surface area contributed by atoms with Gasteiger partial charge >= 0.3 is 0 Å². The number of halogens is 1. The molecule has 0 heterocycles. The highest BCUT2D eigenvalue weighted by Gasteiger charge is 2.11. The fourth-order valence-electron chi connectivity index (χ4n) is 2.15. The first-order chi connectivity index (χ1) is 11.9. The number of nitrogens with one attached hydrogen (secondary N) is 2. The van der Waals surface area contributed by atoms with Crippen molar-refractivity contribution in [2.75, 3.05) is 13.7 Å². The molecule has 0 fully saturated rings. The number of methoxy groups -OCH3 is 1. The van der Waals surface area contributed by atoms with Crippen molar-refractivity contribution in [3.8, 4) is 11.5 Å². The van der Waals surface area contributed by atoms with Crippen molar-refractivity contribution in [3.05, 3.63) is 57.6 Å². The summed E-state index contributed by atoms with van der Waals surface area (Å²) in [4.78, 5) is 23.9. The molecule has 25 heavy (non-hydrogen) atoms. The first-order valence-corrected chi connectivity index (χ1v) is 8.33. The summed E-state index contributed by atoms with van der Waals surface area (Å²) in [6, 6.07) is 10.5. The molecular weight excluding hydrogens is 388 g/mol. The van der Waals surface area contributed by atoms with E-state index in [1.165, 1.54) is 7.11 Å². The maximum absolute atomic E-state index is 12.0. The van der Waals surface area contributed by atoms with Crippen molar-refractivity contribution in [1.82, 2.24) is 10.9 Å². The largest absolute Gasteiger partial charge is 0.496 e. The molecule has 2 aromatic carbocycles. The number of benzene rings is 2. The van der Waals surface area contributed by atoms with E-state index < -0.39 is 11.8 Å². The van der Waals surface area contributed by atoms with Gasteiger partial charge in [0.1, 0.15) is 11.5 Å². The lowest BCUT2D eigenvalue weighted by Crippen LogP contribution is -2.43. The Balaban J connectivity index is 1.85. The number of ether oxygens (including phenoxy) is 2. The predicted molar refractivity (Wildman–Crippen MR) is 97.7 cm³/mol. The molecule has 0 saturated heterocycles. The molecule has 7 heteroatoms. The second kappa shape index (κ2) is 8.53. The van der Waals surface area contributed by atoms with Gasteiger partial charge in [-0.15, -0.1) is 0 Å². The van der Waals surface area contributed by atoms with Crippen LogP contribution in [-0.2, 0) is 4.79 Å². The lowest BCUT2D eigenvalue weighted by molar-refractivity contribution is -0.123. The average molecular weight is 407 g/mol. The molecule has 132 valence electrons. The van der Waals surface area contributed by atoms with E-state index in [4.69, 9.17) is 9.47 Å². The minimum Gasteiger partial charge on any atom is -0.496 e. The molecular formula is C18H19BrN2O4. The van der Waals surface area contributed by atoms with E-state index in [2.05, 4.69) is 26.8 Å². The van der Waals surface area contributed by atoms with E-state index in [0.717, 1.165) is 11.1 Å². The molecule has 2 N–H and O–H groups in total. The molecule has 0 aliphatic rings. The number of hydrazine groups is 1. The number of carbonyl (C=O) groups excluding carboxylic acids is 2. The molecule has 0 aliphatic carbocycles. The van der Waals surface area contributed by atoms with Crippen LogP contribution in [0.4, 0.5) is 0 Å². The number of carbonyl (C=O) groups is 2. The molecule has 0 radical (unpaired) electrons. The lowest BCUT2D eigenvalue weighted by atomic mass is 10.1. The van der Waals surface area contributed by atoms with E-state index in [0.29, 0.717) is 21.5 Å². The Kier molecular flexibility index (Phi) is 6.41. The van der Waals surface area contributed by atoms with Crippen molar-refractivity contribution in [1.29, 1.82) is 0 Å². The Labute approximate surface area is 154 Å². The third-order valence-electron chi connectivity index (χ3n) is 3.42. The van der Waals surface area contributed by atoms with Crippen LogP contribution in [0.2, 0.25) is 0 Å².